The van der Waals surface area contributed by atoms with Crippen LogP contribution in [0.5, 0.6) is 0 Å². The molecule has 6 aromatic heterocycles. The number of carbonyl (C=O) groups is 6. The Balaban J connectivity index is 0.000000171. The van der Waals surface area contributed by atoms with Crippen LogP contribution in [0.4, 0.5) is 28.8 Å². The number of rotatable bonds is 30. The molecule has 30 heteroatoms. The van der Waals surface area contributed by atoms with Gasteiger partial charge in [-0.05, 0) is 301 Å². The third-order valence-corrected chi connectivity index (χ3v) is 19.4. The van der Waals surface area contributed by atoms with Gasteiger partial charge in [0.1, 0.15) is 39.4 Å². The number of nitrogens with one attached hydrogen (secondary N) is 12. The summed E-state index contributed by atoms with van der Waals surface area (Å²) in [7, 11) is 9.30. The van der Waals surface area contributed by atoms with Crippen molar-refractivity contribution in [2.75, 3.05) is 163 Å². The van der Waals surface area contributed by atoms with Gasteiger partial charge in [-0.15, -0.1) is 0 Å². The molecule has 0 unspecified atom stereocenters. The van der Waals surface area contributed by atoms with Gasteiger partial charge in [0.25, 0.3) is 0 Å². The average molecular weight is 1770 g/mol. The van der Waals surface area contributed by atoms with Crippen molar-refractivity contribution in [3.05, 3.63) is 213 Å². The Hall–Kier alpha value is -12.1. The maximum absolute atomic E-state index is 11.4. The first-order valence-electron chi connectivity index (χ1n) is 63.2. The standard InChI is InChI=1S/6C16H21N3O2/c6*1-19(2)6-5-12-9-17-15-4-3-11(8-14(12)15)7-13-10-21-16(20)18-13/h6*3-4,8-9,13,17H,5-7,10H2,1-2H3,(H,18,20)/t6*13-/m000000/s1/i1D3,2D3,6D2,9D,10D2;1D3,2D3,5D2,9D,10D2;1D3,6D2,9D,10D2;1D3,5D2,9D,10D2;6D2,9D,10D2;5D2,9D,10D2. The summed E-state index contributed by atoms with van der Waals surface area (Å²) in [6, 6.07) is 24.7. The summed E-state index contributed by atoms with van der Waals surface area (Å²) in [6.45, 7) is -38.8. The maximum atomic E-state index is 11.4. The Labute approximate surface area is 804 Å². The zero-order valence-corrected chi connectivity index (χ0v) is 68.9. The van der Waals surface area contributed by atoms with E-state index in [2.05, 4.69) is 90.2 Å². The predicted molar refractivity (Wildman–Crippen MR) is 495 cm³/mol. The number of benzene rings is 6. The number of nitrogens with zero attached hydrogens (tertiary/aromatic N) is 6. The summed E-state index contributed by atoms with van der Waals surface area (Å²) in [5.74, 6) is 0. The highest BCUT2D eigenvalue weighted by atomic mass is 16.6. The number of carbonyl (C=O) groups excluding carboxylic acids is 6. The minimum Gasteiger partial charge on any atom is -0.447 e. The monoisotopic (exact) mass is 1770 g/mol. The van der Waals surface area contributed by atoms with Crippen molar-refractivity contribution in [1.29, 1.82) is 0 Å². The second kappa shape index (κ2) is 43.7. The third kappa shape index (κ3) is 26.5. The first-order valence-corrected chi connectivity index (χ1v) is 39.2. The number of H-pyrrole nitrogens is 6. The smallest absolute Gasteiger partial charge is 0.407 e. The van der Waals surface area contributed by atoms with E-state index in [0.29, 0.717) is 87.4 Å². The molecule has 126 heavy (non-hydrogen) atoms. The molecule has 12 N–H and O–H groups in total. The molecule has 672 valence electrons. The molecule has 0 spiro atoms. The molecular formula is C96H126N18O12. The minimum absolute atomic E-state index is 0.00625. The summed E-state index contributed by atoms with van der Waals surface area (Å²) >= 11 is 0. The minimum atomic E-state index is -3.25. The Kier molecular flexibility index (Phi) is 16.7. The van der Waals surface area contributed by atoms with Crippen molar-refractivity contribution >= 4 is 102 Å². The molecule has 6 atom stereocenters. The van der Waals surface area contributed by atoms with E-state index in [-0.39, 0.29) is 132 Å². The number of hydrogen-bond donors (Lipinski definition) is 12. The van der Waals surface area contributed by atoms with Gasteiger partial charge in [0.15, 0.2) is 0 Å². The van der Waals surface area contributed by atoms with Crippen LogP contribution >= 0.6 is 0 Å². The highest BCUT2D eigenvalue weighted by Crippen LogP contribution is 2.29. The van der Waals surface area contributed by atoms with Crippen LogP contribution < -0.4 is 31.9 Å². The summed E-state index contributed by atoms with van der Waals surface area (Å²) in [4.78, 5) is 89.6. The zero-order chi connectivity index (χ0) is 131. The number of fused-ring (bicyclic) bond motifs is 6. The molecule has 6 saturated heterocycles. The fourth-order valence-electron chi connectivity index (χ4n) is 13.5. The van der Waals surface area contributed by atoms with Crippen molar-refractivity contribution < 1.29 is 123 Å². The molecule has 12 aromatic rings. The number of alkyl carbamates (subject to hydrolysis) is 6. The van der Waals surface area contributed by atoms with E-state index in [1.54, 1.807) is 130 Å². The Bertz CT molecular complexity index is 7970. The largest absolute Gasteiger partial charge is 0.447 e. The van der Waals surface area contributed by atoms with Crippen LogP contribution in [-0.2, 0) is 105 Å². The summed E-state index contributed by atoms with van der Waals surface area (Å²) < 4.78 is 404. The molecule has 6 fully saturated rings. The topological polar surface area (TPSA) is 344 Å². The molecule has 0 bridgehead atoms. The van der Waals surface area contributed by atoms with Crippen molar-refractivity contribution in [3.63, 3.8) is 0 Å². The van der Waals surface area contributed by atoms with Crippen LogP contribution in [0.25, 0.3) is 65.4 Å². The van der Waals surface area contributed by atoms with Crippen molar-refractivity contribution in [1.82, 2.24) is 91.2 Å². The fraction of sp³-hybridized carbons (Fsp3) is 0.438. The SMILES string of the molecule is [2H]c1[nH]c2ccc(C[C@@H]3NC(=O)OC3([2H])[2H])cc2c1C([2H])([2H])CN(C([2H])([2H])[2H])C([2H])([2H])[2H].[2H]c1[nH]c2ccc(C[C@@H]3NC(=O)OC3([2H])[2H])cc2c1C([2H])([2H])CN(C)C.[2H]c1[nH]c2ccc(C[C@@H]3NC(=O)OC3([2H])[2H])cc2c1C([2H])([2H])CN(C)C([2H])([2H])[2H].[2H]c1[nH]c2ccc(C[C@@H]3NC(=O)OC3([2H])[2H])cc2c1CC([2H])([2H])N(C([2H])([2H])[2H])C([2H])([2H])[2H].[2H]c1[nH]c2ccc(C[C@@H]3NC(=O)OC3([2H])[2H])cc2c1CC([2H])([2H])N(C)C.[2H]c1[nH]c2ccc(C[C@@H]3NC(=O)OC3([2H])[2H])cc2c1CC([2H])([2H])N(C)C([2H])([2H])[2H]. The maximum Gasteiger partial charge on any atom is 0.407 e. The van der Waals surface area contributed by atoms with Gasteiger partial charge in [-0.3, -0.25) is 0 Å². The Morgan fingerprint density at radius 2 is 0.508 bits per heavy atom. The van der Waals surface area contributed by atoms with Crippen LogP contribution in [0.15, 0.2) is 146 Å². The Morgan fingerprint density at radius 1 is 0.294 bits per heavy atom. The highest BCUT2D eigenvalue weighted by molar-refractivity contribution is 5.88. The molecule has 12 heterocycles. The lowest BCUT2D eigenvalue weighted by Crippen LogP contribution is -2.28. The number of hydrogen-bond acceptors (Lipinski definition) is 18. The quantitative estimate of drug-likeness (QED) is 0.0186. The Morgan fingerprint density at radius 3 is 0.730 bits per heavy atom. The van der Waals surface area contributed by atoms with Crippen LogP contribution in [0, 0.1) is 0 Å². The molecule has 0 saturated carbocycles. The van der Waals surface area contributed by atoms with E-state index < -0.39 is 212 Å². The van der Waals surface area contributed by atoms with E-state index >= 15 is 0 Å². The van der Waals surface area contributed by atoms with Gasteiger partial charge in [-0.25, -0.2) is 28.8 Å². The molecule has 6 aliphatic rings. The summed E-state index contributed by atoms with van der Waals surface area (Å²) in [5.41, 5.74) is 8.08. The molecule has 0 radical (unpaired) electrons. The molecule has 6 amide bonds. The lowest BCUT2D eigenvalue weighted by atomic mass is 10.0. The van der Waals surface area contributed by atoms with Gasteiger partial charge in [0.05, 0.1) is 60.9 Å². The van der Waals surface area contributed by atoms with Gasteiger partial charge in [-0.2, -0.15) is 0 Å². The van der Waals surface area contributed by atoms with Crippen LogP contribution in [-0.4, -0.2) is 295 Å². The van der Waals surface area contributed by atoms with Crippen molar-refractivity contribution in [3.8, 4) is 0 Å². The average Bonchev–Trinajstić information content (AvgIpc) is 1.54. The van der Waals surface area contributed by atoms with Crippen molar-refractivity contribution in [2.24, 2.45) is 0 Å². The molecule has 30 nitrogen and oxygen atoms in total. The van der Waals surface area contributed by atoms with Gasteiger partial charge in [0.2, 0.25) is 0 Å². The summed E-state index contributed by atoms with van der Waals surface area (Å²) in [6.07, 6.45) is -12.2. The van der Waals surface area contributed by atoms with Crippen molar-refractivity contribution in [2.45, 2.75) is 113 Å². The molecular weight excluding hydrogens is 1600 g/mol. The zero-order valence-electron chi connectivity index (χ0n) is 117. The number of ether oxygens (including phenoxy) is 6. The van der Waals surface area contributed by atoms with Crippen LogP contribution in [0.3, 0.4) is 0 Å². The normalized spacial score (nSPS) is 27.5. The first-order chi connectivity index (χ1) is 79.2. The van der Waals surface area contributed by atoms with Gasteiger partial charge >= 0.3 is 36.6 Å². The van der Waals surface area contributed by atoms with Gasteiger partial charge < -0.3 is 120 Å². The molecule has 6 aliphatic heterocycles. The number of aryl methyl sites for hydroxylation is 3. The fourth-order valence-corrected chi connectivity index (χ4v) is 13.5. The van der Waals surface area contributed by atoms with E-state index in [9.17, 15) is 28.8 Å². The van der Waals surface area contributed by atoms with Crippen LogP contribution in [0.2, 0.25) is 0 Å². The predicted octanol–water partition coefficient (Wildman–Crippen LogP) is 11.5. The van der Waals surface area contributed by atoms with E-state index in [4.69, 9.17) is 65.8 Å². The third-order valence-electron chi connectivity index (χ3n) is 19.4. The van der Waals surface area contributed by atoms with Gasteiger partial charge in [-0.1, -0.05) is 36.4 Å². The lowest BCUT2D eigenvalue weighted by molar-refractivity contribution is 0.176. The number of likely N-dealkylation sites (N-methyl/N-ethyl adjacent to an activating group) is 6. The number of amides is 6. The molecule has 0 aliphatic carbocycles. The second-order valence-electron chi connectivity index (χ2n) is 29.8. The summed E-state index contributed by atoms with van der Waals surface area (Å²) in [5, 5.41) is 17.3. The number of aromatic nitrogens is 6. The lowest BCUT2D eigenvalue weighted by Gasteiger charge is -2.09. The first kappa shape index (κ1) is 48.0. The second-order valence-corrected chi connectivity index (χ2v) is 29.8. The van der Waals surface area contributed by atoms with E-state index in [1.165, 1.54) is 25.1 Å². The molecule has 18 rings (SSSR count). The molecule has 6 aromatic carbocycles. The van der Waals surface area contributed by atoms with E-state index in [1.807, 2.05) is 6.07 Å². The number of cyclic esters (lactones) is 6. The highest BCUT2D eigenvalue weighted by Gasteiger charge is 2.29. The van der Waals surface area contributed by atoms with E-state index in [0.717, 1.165) is 26.9 Å². The van der Waals surface area contributed by atoms with Gasteiger partial charge in [0, 0.05) is 183 Å². The van der Waals surface area contributed by atoms with Crippen LogP contribution in [0.1, 0.15) is 133 Å². The number of aromatic amines is 6.